The van der Waals surface area contributed by atoms with Gasteiger partial charge in [0.25, 0.3) is 0 Å². The Hall–Kier alpha value is -2.68. The normalized spacial score (nSPS) is 10.6. The van der Waals surface area contributed by atoms with Gasteiger partial charge >= 0.3 is 6.09 Å². The van der Waals surface area contributed by atoms with Gasteiger partial charge in [-0.05, 0) is 34.1 Å². The number of amides is 1. The summed E-state index contributed by atoms with van der Waals surface area (Å²) in [5, 5.41) is 10.2. The molecule has 3 aromatic rings. The highest BCUT2D eigenvalue weighted by Gasteiger charge is 2.13. The van der Waals surface area contributed by atoms with Gasteiger partial charge in [-0.2, -0.15) is 0 Å². The molecule has 0 spiro atoms. The molecule has 0 saturated heterocycles. The van der Waals surface area contributed by atoms with E-state index in [2.05, 4.69) is 31.4 Å². The second-order valence-corrected chi connectivity index (χ2v) is 5.56. The van der Waals surface area contributed by atoms with Crippen LogP contribution in [-0.4, -0.2) is 27.8 Å². The highest BCUT2D eigenvalue weighted by atomic mass is 79.9. The van der Waals surface area contributed by atoms with Gasteiger partial charge in [0.05, 0.1) is 18.1 Å². The molecule has 2 heterocycles. The maximum Gasteiger partial charge on any atom is 0.414 e. The summed E-state index contributed by atoms with van der Waals surface area (Å²) in [6, 6.07) is 7.71. The van der Waals surface area contributed by atoms with Crippen LogP contribution in [0, 0.1) is 5.82 Å². The molecular weight excluding hydrogens is 383 g/mol. The summed E-state index contributed by atoms with van der Waals surface area (Å²) in [5.74, 6) is 0.107. The molecular formula is C15H12BrFN4O3. The zero-order chi connectivity index (χ0) is 17.1. The zero-order valence-electron chi connectivity index (χ0n) is 12.5. The van der Waals surface area contributed by atoms with Crippen molar-refractivity contribution in [3.8, 4) is 11.6 Å². The summed E-state index contributed by atoms with van der Waals surface area (Å²) in [6.07, 6.45) is 0.681. The molecule has 3 rings (SSSR count). The van der Waals surface area contributed by atoms with Crippen molar-refractivity contribution in [2.75, 3.05) is 7.11 Å². The Morgan fingerprint density at radius 2 is 2.21 bits per heavy atom. The van der Waals surface area contributed by atoms with Gasteiger partial charge in [-0.1, -0.05) is 6.07 Å². The van der Waals surface area contributed by atoms with Crippen molar-refractivity contribution in [3.63, 3.8) is 0 Å². The first-order valence-electron chi connectivity index (χ1n) is 6.85. The molecule has 1 amide bonds. The number of rotatable bonds is 4. The van der Waals surface area contributed by atoms with Gasteiger partial charge in [0, 0.05) is 11.6 Å². The fraction of sp³-hybridized carbons (Fsp3) is 0.133. The molecule has 9 heteroatoms. The monoisotopic (exact) mass is 394 g/mol. The lowest BCUT2D eigenvalue weighted by Gasteiger charge is -2.11. The van der Waals surface area contributed by atoms with Crippen LogP contribution in [0.2, 0.25) is 0 Å². The van der Waals surface area contributed by atoms with E-state index in [1.54, 1.807) is 18.2 Å². The van der Waals surface area contributed by atoms with E-state index < -0.39 is 11.9 Å². The minimum atomic E-state index is -0.738. The Bertz CT molecular complexity index is 900. The summed E-state index contributed by atoms with van der Waals surface area (Å²) in [5.41, 5.74) is 0.748. The molecule has 0 atom stereocenters. The maximum atomic E-state index is 13.8. The first-order chi connectivity index (χ1) is 11.6. The van der Waals surface area contributed by atoms with Crippen molar-refractivity contribution in [3.05, 3.63) is 52.5 Å². The smallest absolute Gasteiger partial charge is 0.414 e. The number of pyridine rings is 1. The lowest BCUT2D eigenvalue weighted by atomic mass is 10.2. The minimum absolute atomic E-state index is 0.0729. The fourth-order valence-corrected chi connectivity index (χ4v) is 2.54. The van der Waals surface area contributed by atoms with E-state index in [1.807, 2.05) is 0 Å². The number of ether oxygens (including phenoxy) is 2. The van der Waals surface area contributed by atoms with Crippen LogP contribution in [0.5, 0.6) is 11.6 Å². The van der Waals surface area contributed by atoms with Crippen LogP contribution in [0.3, 0.4) is 0 Å². The molecule has 1 N–H and O–H groups in total. The average molecular weight is 395 g/mol. The second-order valence-electron chi connectivity index (χ2n) is 4.71. The Labute approximate surface area is 144 Å². The molecule has 1 aromatic carbocycles. The number of aromatic nitrogens is 3. The Kier molecular flexibility index (Phi) is 4.61. The van der Waals surface area contributed by atoms with E-state index in [4.69, 9.17) is 9.47 Å². The quantitative estimate of drug-likeness (QED) is 0.735. The summed E-state index contributed by atoms with van der Waals surface area (Å²) < 4.78 is 26.4. The number of halogens is 2. The van der Waals surface area contributed by atoms with Crippen LogP contribution < -0.4 is 14.8 Å². The molecule has 7 nitrogen and oxygen atoms in total. The first-order valence-corrected chi connectivity index (χ1v) is 7.64. The van der Waals surface area contributed by atoms with Crippen LogP contribution >= 0.6 is 15.9 Å². The summed E-state index contributed by atoms with van der Waals surface area (Å²) >= 11 is 3.33. The molecule has 124 valence electrons. The van der Waals surface area contributed by atoms with Crippen LogP contribution in [0.4, 0.5) is 9.18 Å². The van der Waals surface area contributed by atoms with Crippen molar-refractivity contribution < 1.29 is 18.7 Å². The molecule has 0 saturated carbocycles. The third-order valence-electron chi connectivity index (χ3n) is 3.27. The molecule has 2 aromatic heterocycles. The molecule has 0 fully saturated rings. The van der Waals surface area contributed by atoms with Crippen LogP contribution in [-0.2, 0) is 6.54 Å². The number of carbonyl (C=O) groups excluding carboxylic acids is 1. The minimum Gasteiger partial charge on any atom is -0.496 e. The number of fused-ring (bicyclic) bond motifs is 1. The third kappa shape index (κ3) is 3.16. The van der Waals surface area contributed by atoms with Crippen molar-refractivity contribution in [1.29, 1.82) is 0 Å². The van der Waals surface area contributed by atoms with Gasteiger partial charge in [-0.25, -0.2) is 9.18 Å². The van der Waals surface area contributed by atoms with E-state index in [-0.39, 0.29) is 18.0 Å². The van der Waals surface area contributed by atoms with Crippen molar-refractivity contribution in [2.24, 2.45) is 0 Å². The van der Waals surface area contributed by atoms with Crippen LogP contribution in [0.1, 0.15) is 5.56 Å². The van der Waals surface area contributed by atoms with Crippen LogP contribution in [0.15, 0.2) is 41.1 Å². The Morgan fingerprint density at radius 3 is 3.00 bits per heavy atom. The van der Waals surface area contributed by atoms with E-state index in [1.165, 1.54) is 30.0 Å². The van der Waals surface area contributed by atoms with Gasteiger partial charge in [0.1, 0.15) is 17.9 Å². The van der Waals surface area contributed by atoms with Gasteiger partial charge in [-0.3, -0.25) is 4.40 Å². The standard InChI is InChI=1S/C15H12BrFN4O3/c1-23-12-4-2-3-11(17)9(12)7-18-15(22)24-13-6-5-10(16)14-20-19-8-21(13)14/h2-6,8H,7H2,1H3,(H,18,22). The maximum absolute atomic E-state index is 13.8. The number of nitrogens with one attached hydrogen (secondary N) is 1. The number of nitrogens with zero attached hydrogens (tertiary/aromatic N) is 3. The highest BCUT2D eigenvalue weighted by molar-refractivity contribution is 9.10. The molecule has 0 aliphatic rings. The summed E-state index contributed by atoms with van der Waals surface area (Å²) in [4.78, 5) is 12.0. The lowest BCUT2D eigenvalue weighted by Crippen LogP contribution is -2.27. The fourth-order valence-electron chi connectivity index (χ4n) is 2.13. The Morgan fingerprint density at radius 1 is 1.38 bits per heavy atom. The van der Waals surface area contributed by atoms with Crippen molar-refractivity contribution in [1.82, 2.24) is 19.9 Å². The van der Waals surface area contributed by atoms with E-state index in [9.17, 15) is 9.18 Å². The number of benzene rings is 1. The van der Waals surface area contributed by atoms with E-state index >= 15 is 0 Å². The first kappa shape index (κ1) is 16.2. The number of methoxy groups -OCH3 is 1. The topological polar surface area (TPSA) is 77.8 Å². The van der Waals surface area contributed by atoms with Crippen molar-refractivity contribution in [2.45, 2.75) is 6.54 Å². The number of hydrogen-bond donors (Lipinski definition) is 1. The second kappa shape index (κ2) is 6.83. The Balaban J connectivity index is 1.72. The zero-order valence-corrected chi connectivity index (χ0v) is 14.1. The van der Waals surface area contributed by atoms with Crippen molar-refractivity contribution >= 4 is 27.7 Å². The summed E-state index contributed by atoms with van der Waals surface area (Å²) in [7, 11) is 1.43. The highest BCUT2D eigenvalue weighted by Crippen LogP contribution is 2.22. The van der Waals surface area contributed by atoms with E-state index in [0.717, 1.165) is 0 Å². The number of hydrogen-bond acceptors (Lipinski definition) is 5. The largest absolute Gasteiger partial charge is 0.496 e. The molecule has 0 radical (unpaired) electrons. The molecule has 0 aliphatic heterocycles. The van der Waals surface area contributed by atoms with E-state index in [0.29, 0.717) is 15.9 Å². The molecule has 0 bridgehead atoms. The van der Waals surface area contributed by atoms with Gasteiger partial charge in [0.15, 0.2) is 5.65 Å². The van der Waals surface area contributed by atoms with Crippen LogP contribution in [0.25, 0.3) is 5.65 Å². The summed E-state index contributed by atoms with van der Waals surface area (Å²) in [6.45, 7) is -0.0729. The molecule has 24 heavy (non-hydrogen) atoms. The number of carbonyl (C=O) groups is 1. The lowest BCUT2D eigenvalue weighted by molar-refractivity contribution is 0.197. The molecule has 0 unspecified atom stereocenters. The molecule has 0 aliphatic carbocycles. The third-order valence-corrected chi connectivity index (χ3v) is 3.89. The SMILES string of the molecule is COc1cccc(F)c1CNC(=O)Oc1ccc(Br)c2nncn12. The van der Waals surface area contributed by atoms with Gasteiger partial charge in [-0.15, -0.1) is 10.2 Å². The predicted molar refractivity (Wildman–Crippen MR) is 86.5 cm³/mol. The van der Waals surface area contributed by atoms with Gasteiger partial charge in [0.2, 0.25) is 5.88 Å². The average Bonchev–Trinajstić information content (AvgIpc) is 3.07. The van der Waals surface area contributed by atoms with Gasteiger partial charge < -0.3 is 14.8 Å². The predicted octanol–water partition coefficient (Wildman–Crippen LogP) is 2.93.